The molecule has 1 aromatic carbocycles. The van der Waals surface area contributed by atoms with Crippen LogP contribution in [-0.4, -0.2) is 15.8 Å². The molecule has 6 heteroatoms. The van der Waals surface area contributed by atoms with E-state index in [0.29, 0.717) is 5.69 Å². The molecule has 0 unspecified atom stereocenters. The Morgan fingerprint density at radius 2 is 2.05 bits per heavy atom. The lowest BCUT2D eigenvalue weighted by molar-refractivity contribution is 1.17. The molecule has 3 aromatic rings. The monoisotopic (exact) mass is 286 g/mol. The number of nitrogens with one attached hydrogen (secondary N) is 1. The fourth-order valence-corrected chi connectivity index (χ4v) is 3.80. The minimum absolute atomic E-state index is 0.0239. The van der Waals surface area contributed by atoms with E-state index >= 15 is 0 Å². The number of amidine groups is 1. The van der Waals surface area contributed by atoms with Gasteiger partial charge in [-0.2, -0.15) is 0 Å². The molecule has 0 saturated heterocycles. The van der Waals surface area contributed by atoms with Crippen molar-refractivity contribution in [1.29, 1.82) is 5.41 Å². The molecule has 0 bridgehead atoms. The molecule has 0 aliphatic rings. The number of fused-ring (bicyclic) bond motifs is 1. The van der Waals surface area contributed by atoms with Crippen LogP contribution in [0.15, 0.2) is 51.8 Å². The van der Waals surface area contributed by atoms with Gasteiger partial charge in [-0.05, 0) is 24.3 Å². The molecule has 0 aliphatic heterocycles. The van der Waals surface area contributed by atoms with Crippen LogP contribution in [0.1, 0.15) is 5.69 Å². The highest BCUT2D eigenvalue weighted by atomic mass is 32.2. The van der Waals surface area contributed by atoms with Crippen LogP contribution >= 0.6 is 23.1 Å². The molecule has 0 atom stereocenters. The van der Waals surface area contributed by atoms with E-state index in [-0.39, 0.29) is 5.84 Å². The second-order valence-electron chi connectivity index (χ2n) is 3.81. The van der Waals surface area contributed by atoms with Gasteiger partial charge in [-0.3, -0.25) is 10.4 Å². The van der Waals surface area contributed by atoms with Gasteiger partial charge in [0.25, 0.3) is 0 Å². The molecule has 0 spiro atoms. The van der Waals surface area contributed by atoms with Crippen molar-refractivity contribution in [3.8, 4) is 0 Å². The Morgan fingerprint density at radius 3 is 2.84 bits per heavy atom. The summed E-state index contributed by atoms with van der Waals surface area (Å²) in [6, 6.07) is 11.8. The Bertz CT molecular complexity index is 718. The fraction of sp³-hybridized carbons (Fsp3) is 0. The zero-order valence-corrected chi connectivity index (χ0v) is 11.5. The zero-order valence-electron chi connectivity index (χ0n) is 9.83. The van der Waals surface area contributed by atoms with Crippen LogP contribution in [0.4, 0.5) is 0 Å². The molecular weight excluding hydrogens is 276 g/mol. The number of benzene rings is 1. The van der Waals surface area contributed by atoms with E-state index in [1.165, 1.54) is 11.8 Å². The summed E-state index contributed by atoms with van der Waals surface area (Å²) in [5.41, 5.74) is 7.03. The maximum Gasteiger partial charge on any atom is 0.155 e. The number of thiazole rings is 1. The Morgan fingerprint density at radius 1 is 1.21 bits per heavy atom. The number of hydrogen-bond donors (Lipinski definition) is 2. The average Bonchev–Trinajstić information content (AvgIpc) is 2.81. The highest BCUT2D eigenvalue weighted by Gasteiger charge is 2.11. The normalized spacial score (nSPS) is 10.7. The standard InChI is InChI=1S/C13H10N4S2/c14-12(15)11-10(6-3-7-16-11)19-13-17-8-4-1-2-5-9(8)18-13/h1-7H,(H3,14,15). The second-order valence-corrected chi connectivity index (χ2v) is 6.13. The third-order valence-electron chi connectivity index (χ3n) is 2.50. The summed E-state index contributed by atoms with van der Waals surface area (Å²) >= 11 is 3.12. The number of aromatic nitrogens is 2. The summed E-state index contributed by atoms with van der Waals surface area (Å²) in [7, 11) is 0. The van der Waals surface area contributed by atoms with Crippen molar-refractivity contribution in [2.24, 2.45) is 5.73 Å². The van der Waals surface area contributed by atoms with Gasteiger partial charge >= 0.3 is 0 Å². The van der Waals surface area contributed by atoms with Crippen LogP contribution in [0.5, 0.6) is 0 Å². The van der Waals surface area contributed by atoms with Crippen LogP contribution in [0.2, 0.25) is 0 Å². The Kier molecular flexibility index (Phi) is 3.18. The summed E-state index contributed by atoms with van der Waals surface area (Å²) in [5.74, 6) is -0.0239. The summed E-state index contributed by atoms with van der Waals surface area (Å²) < 4.78 is 2.08. The predicted molar refractivity (Wildman–Crippen MR) is 79.0 cm³/mol. The number of rotatable bonds is 3. The van der Waals surface area contributed by atoms with Gasteiger partial charge in [0.05, 0.1) is 10.2 Å². The smallest absolute Gasteiger partial charge is 0.155 e. The maximum atomic E-state index is 7.53. The van der Waals surface area contributed by atoms with Crippen molar-refractivity contribution >= 4 is 39.2 Å². The quantitative estimate of drug-likeness (QED) is 0.573. The number of nitrogens with two attached hydrogens (primary N) is 1. The molecule has 4 nitrogen and oxygen atoms in total. The van der Waals surface area contributed by atoms with Gasteiger partial charge in [0.1, 0.15) is 11.5 Å². The fourth-order valence-electron chi connectivity index (χ4n) is 1.66. The Hall–Kier alpha value is -1.92. The molecule has 3 rings (SSSR count). The first-order valence-electron chi connectivity index (χ1n) is 5.57. The first kappa shape index (κ1) is 12.1. The maximum absolute atomic E-state index is 7.53. The van der Waals surface area contributed by atoms with E-state index in [1.54, 1.807) is 17.5 Å². The Balaban J connectivity index is 1.99. The summed E-state index contributed by atoms with van der Waals surface area (Å²) in [6.45, 7) is 0. The van der Waals surface area contributed by atoms with Crippen LogP contribution in [-0.2, 0) is 0 Å². The number of nitrogens with zero attached hydrogens (tertiary/aromatic N) is 2. The van der Waals surface area contributed by atoms with Crippen LogP contribution < -0.4 is 5.73 Å². The van der Waals surface area contributed by atoms with Gasteiger partial charge in [-0.15, -0.1) is 11.3 Å². The molecule has 19 heavy (non-hydrogen) atoms. The van der Waals surface area contributed by atoms with Crippen molar-refractivity contribution in [2.45, 2.75) is 9.24 Å². The third-order valence-corrected chi connectivity index (χ3v) is 4.64. The molecule has 0 fully saturated rings. The molecule has 0 amide bonds. The summed E-state index contributed by atoms with van der Waals surface area (Å²) in [6.07, 6.45) is 1.64. The molecule has 0 saturated carbocycles. The summed E-state index contributed by atoms with van der Waals surface area (Å²) in [4.78, 5) is 9.54. The first-order valence-corrected chi connectivity index (χ1v) is 7.20. The average molecular weight is 286 g/mol. The van der Waals surface area contributed by atoms with E-state index in [0.717, 1.165) is 19.5 Å². The SMILES string of the molecule is N=C(N)c1ncccc1Sc1nc2ccccc2s1. The van der Waals surface area contributed by atoms with Gasteiger partial charge < -0.3 is 5.73 Å². The highest BCUT2D eigenvalue weighted by molar-refractivity contribution is 8.01. The van der Waals surface area contributed by atoms with Gasteiger partial charge in [0, 0.05) is 11.1 Å². The van der Waals surface area contributed by atoms with Crippen molar-refractivity contribution in [2.75, 3.05) is 0 Å². The molecule has 0 radical (unpaired) electrons. The van der Waals surface area contributed by atoms with E-state index in [2.05, 4.69) is 9.97 Å². The molecule has 94 valence electrons. The lowest BCUT2D eigenvalue weighted by atomic mass is 10.3. The Labute approximate surface area is 118 Å². The molecule has 0 aliphatic carbocycles. The van der Waals surface area contributed by atoms with Crippen LogP contribution in [0.3, 0.4) is 0 Å². The molecule has 2 heterocycles. The summed E-state index contributed by atoms with van der Waals surface area (Å²) in [5, 5.41) is 7.53. The number of para-hydroxylation sites is 1. The van der Waals surface area contributed by atoms with Crippen LogP contribution in [0.25, 0.3) is 10.2 Å². The number of nitrogen functional groups attached to an aromatic ring is 1. The highest BCUT2D eigenvalue weighted by Crippen LogP contribution is 2.35. The van der Waals surface area contributed by atoms with Crippen molar-refractivity contribution < 1.29 is 0 Å². The van der Waals surface area contributed by atoms with Gasteiger partial charge in [-0.25, -0.2) is 4.98 Å². The molecular formula is C13H10N4S2. The molecule has 2 aromatic heterocycles. The second kappa shape index (κ2) is 4.99. The van der Waals surface area contributed by atoms with E-state index in [9.17, 15) is 0 Å². The van der Waals surface area contributed by atoms with Gasteiger partial charge in [0.15, 0.2) is 4.34 Å². The van der Waals surface area contributed by atoms with E-state index < -0.39 is 0 Å². The van der Waals surface area contributed by atoms with Gasteiger partial charge in [-0.1, -0.05) is 23.9 Å². The first-order chi connectivity index (χ1) is 9.24. The van der Waals surface area contributed by atoms with E-state index in [4.69, 9.17) is 11.1 Å². The minimum Gasteiger partial charge on any atom is -0.382 e. The van der Waals surface area contributed by atoms with Crippen molar-refractivity contribution in [3.05, 3.63) is 48.3 Å². The van der Waals surface area contributed by atoms with Crippen LogP contribution in [0, 0.1) is 5.41 Å². The largest absolute Gasteiger partial charge is 0.382 e. The number of pyridine rings is 1. The van der Waals surface area contributed by atoms with Crippen molar-refractivity contribution in [1.82, 2.24) is 9.97 Å². The topological polar surface area (TPSA) is 75.7 Å². The lowest BCUT2D eigenvalue weighted by Crippen LogP contribution is -2.14. The zero-order chi connectivity index (χ0) is 13.2. The number of hydrogen-bond acceptors (Lipinski definition) is 5. The minimum atomic E-state index is -0.0239. The third kappa shape index (κ3) is 2.45. The van der Waals surface area contributed by atoms with Gasteiger partial charge in [0.2, 0.25) is 0 Å². The predicted octanol–water partition coefficient (Wildman–Crippen LogP) is 3.13. The molecule has 3 N–H and O–H groups in total. The lowest BCUT2D eigenvalue weighted by Gasteiger charge is -2.03. The van der Waals surface area contributed by atoms with E-state index in [1.807, 2.05) is 36.4 Å². The van der Waals surface area contributed by atoms with Crippen molar-refractivity contribution in [3.63, 3.8) is 0 Å².